The first-order valence-electron chi connectivity index (χ1n) is 7.02. The third kappa shape index (κ3) is 3.00. The van der Waals surface area contributed by atoms with Crippen LogP contribution < -0.4 is 0 Å². The first-order valence-corrected chi connectivity index (χ1v) is 7.83. The quantitative estimate of drug-likeness (QED) is 0.543. The number of carbonyl (C=O) groups is 2. The molecule has 0 saturated carbocycles. The number of pyridine rings is 1. The number of thiophene rings is 1. The van der Waals surface area contributed by atoms with Gasteiger partial charge in [-0.1, -0.05) is 0 Å². The molecule has 0 aromatic carbocycles. The standard InChI is InChI=1S/C16H15N3O3S/c1-9-4-5-14(23-9)13(20)8-22-16(21)11-6-12-10(2)18-19(3)15(12)17-7-11/h4-7H,8H2,1-3H3. The van der Waals surface area contributed by atoms with E-state index in [9.17, 15) is 9.59 Å². The smallest absolute Gasteiger partial charge is 0.340 e. The number of hydrogen-bond donors (Lipinski definition) is 0. The van der Waals surface area contributed by atoms with Gasteiger partial charge in [-0.3, -0.25) is 9.48 Å². The Morgan fingerprint density at radius 1 is 1.30 bits per heavy atom. The zero-order valence-corrected chi connectivity index (χ0v) is 13.8. The van der Waals surface area contributed by atoms with Crippen LogP contribution in [0, 0.1) is 13.8 Å². The van der Waals surface area contributed by atoms with Crippen molar-refractivity contribution in [2.45, 2.75) is 13.8 Å². The normalized spacial score (nSPS) is 10.9. The van der Waals surface area contributed by atoms with E-state index in [2.05, 4.69) is 10.1 Å². The number of nitrogens with zero attached hydrogens (tertiary/aromatic N) is 3. The van der Waals surface area contributed by atoms with Gasteiger partial charge in [0.2, 0.25) is 5.78 Å². The van der Waals surface area contributed by atoms with Crippen LogP contribution >= 0.6 is 11.3 Å². The highest BCUT2D eigenvalue weighted by Crippen LogP contribution is 2.18. The molecule has 3 aromatic heterocycles. The molecule has 23 heavy (non-hydrogen) atoms. The number of rotatable bonds is 4. The minimum absolute atomic E-state index is 0.206. The number of ether oxygens (including phenoxy) is 1. The number of fused-ring (bicyclic) bond motifs is 1. The van der Waals surface area contributed by atoms with Gasteiger partial charge in [0, 0.05) is 23.5 Å². The molecule has 0 amide bonds. The number of esters is 1. The third-order valence-corrected chi connectivity index (χ3v) is 4.49. The van der Waals surface area contributed by atoms with Crippen LogP contribution in [0.1, 0.15) is 30.6 Å². The van der Waals surface area contributed by atoms with E-state index in [1.807, 2.05) is 19.9 Å². The Hall–Kier alpha value is -2.54. The highest BCUT2D eigenvalue weighted by molar-refractivity contribution is 7.14. The first kappa shape index (κ1) is 15.4. The fourth-order valence-corrected chi connectivity index (χ4v) is 3.08. The van der Waals surface area contributed by atoms with Crippen LogP contribution in [-0.2, 0) is 11.8 Å². The molecular weight excluding hydrogens is 314 g/mol. The van der Waals surface area contributed by atoms with Gasteiger partial charge in [0.1, 0.15) is 0 Å². The molecule has 3 heterocycles. The van der Waals surface area contributed by atoms with Crippen LogP contribution in [-0.4, -0.2) is 33.1 Å². The summed E-state index contributed by atoms with van der Waals surface area (Å²) in [5.74, 6) is -0.771. The Kier molecular flexibility index (Phi) is 3.96. The Labute approximate surface area is 136 Å². The molecule has 0 aliphatic heterocycles. The number of Topliss-reactive ketones (excluding diaryl/α,β-unsaturated/α-hetero) is 1. The van der Waals surface area contributed by atoms with Crippen molar-refractivity contribution in [1.29, 1.82) is 0 Å². The van der Waals surface area contributed by atoms with Crippen molar-refractivity contribution >= 4 is 34.1 Å². The van der Waals surface area contributed by atoms with Gasteiger partial charge in [0.05, 0.1) is 16.1 Å². The highest BCUT2D eigenvalue weighted by Gasteiger charge is 2.15. The van der Waals surface area contributed by atoms with Crippen LogP contribution in [0.3, 0.4) is 0 Å². The molecule has 0 aliphatic rings. The molecule has 0 spiro atoms. The maximum atomic E-state index is 12.1. The maximum Gasteiger partial charge on any atom is 0.340 e. The average Bonchev–Trinajstić information content (AvgIpc) is 3.08. The predicted molar refractivity (Wildman–Crippen MR) is 86.9 cm³/mol. The number of hydrogen-bond acceptors (Lipinski definition) is 6. The summed E-state index contributed by atoms with van der Waals surface area (Å²) in [7, 11) is 1.79. The van der Waals surface area contributed by atoms with E-state index in [1.165, 1.54) is 17.5 Å². The number of aryl methyl sites for hydroxylation is 3. The lowest BCUT2D eigenvalue weighted by Crippen LogP contribution is -2.13. The second-order valence-corrected chi connectivity index (χ2v) is 6.50. The molecular formula is C16H15N3O3S. The van der Waals surface area contributed by atoms with E-state index in [0.29, 0.717) is 16.1 Å². The average molecular weight is 329 g/mol. The van der Waals surface area contributed by atoms with Crippen molar-refractivity contribution in [3.8, 4) is 0 Å². The van der Waals surface area contributed by atoms with Crippen LogP contribution in [0.2, 0.25) is 0 Å². The summed E-state index contributed by atoms with van der Waals surface area (Å²) in [5.41, 5.74) is 1.79. The first-order chi connectivity index (χ1) is 11.0. The third-order valence-electron chi connectivity index (χ3n) is 3.45. The van der Waals surface area contributed by atoms with Crippen molar-refractivity contribution in [3.05, 3.63) is 45.4 Å². The summed E-state index contributed by atoms with van der Waals surface area (Å²) in [6.45, 7) is 3.50. The molecule has 0 unspecified atom stereocenters. The van der Waals surface area contributed by atoms with Crippen LogP contribution in [0.25, 0.3) is 11.0 Å². The molecule has 7 heteroatoms. The Balaban J connectivity index is 1.73. The lowest BCUT2D eigenvalue weighted by atomic mass is 10.2. The van der Waals surface area contributed by atoms with Crippen LogP contribution in [0.5, 0.6) is 0 Å². The molecule has 0 bridgehead atoms. The van der Waals surface area contributed by atoms with Gasteiger partial charge in [-0.05, 0) is 32.0 Å². The zero-order chi connectivity index (χ0) is 16.6. The van der Waals surface area contributed by atoms with Crippen molar-refractivity contribution in [2.75, 3.05) is 6.61 Å². The monoisotopic (exact) mass is 329 g/mol. The molecule has 118 valence electrons. The van der Waals surface area contributed by atoms with Crippen molar-refractivity contribution in [3.63, 3.8) is 0 Å². The Morgan fingerprint density at radius 3 is 2.78 bits per heavy atom. The molecule has 0 N–H and O–H groups in total. The minimum Gasteiger partial charge on any atom is -0.454 e. The summed E-state index contributed by atoms with van der Waals surface area (Å²) < 4.78 is 6.76. The van der Waals surface area contributed by atoms with Crippen LogP contribution in [0.4, 0.5) is 0 Å². The van der Waals surface area contributed by atoms with E-state index >= 15 is 0 Å². The molecule has 0 fully saturated rings. The summed E-state index contributed by atoms with van der Waals surface area (Å²) in [6.07, 6.45) is 1.44. The molecule has 3 aromatic rings. The molecule has 0 aliphatic carbocycles. The number of aromatic nitrogens is 3. The van der Waals surface area contributed by atoms with Gasteiger partial charge in [0.15, 0.2) is 12.3 Å². The fraction of sp³-hybridized carbons (Fsp3) is 0.250. The second kappa shape index (κ2) is 5.92. The Bertz CT molecular complexity index is 911. The van der Waals surface area contributed by atoms with E-state index < -0.39 is 5.97 Å². The SMILES string of the molecule is Cc1ccc(C(=O)COC(=O)c2cnc3c(c2)c(C)nn3C)s1. The van der Waals surface area contributed by atoms with E-state index in [4.69, 9.17) is 4.74 Å². The summed E-state index contributed by atoms with van der Waals surface area (Å²) >= 11 is 1.39. The minimum atomic E-state index is -0.565. The number of ketones is 1. The molecule has 0 atom stereocenters. The van der Waals surface area contributed by atoms with Crippen molar-refractivity contribution in [2.24, 2.45) is 7.05 Å². The van der Waals surface area contributed by atoms with Gasteiger partial charge in [-0.15, -0.1) is 11.3 Å². The maximum absolute atomic E-state index is 12.1. The summed E-state index contributed by atoms with van der Waals surface area (Å²) in [5, 5.41) is 5.05. The molecule has 0 saturated heterocycles. The highest BCUT2D eigenvalue weighted by atomic mass is 32.1. The van der Waals surface area contributed by atoms with Gasteiger partial charge in [-0.25, -0.2) is 9.78 Å². The lowest BCUT2D eigenvalue weighted by Gasteiger charge is -2.03. The zero-order valence-electron chi connectivity index (χ0n) is 13.0. The molecule has 6 nitrogen and oxygen atoms in total. The fourth-order valence-electron chi connectivity index (χ4n) is 2.29. The number of carbonyl (C=O) groups excluding carboxylic acids is 2. The summed E-state index contributed by atoms with van der Waals surface area (Å²) in [4.78, 5) is 29.9. The lowest BCUT2D eigenvalue weighted by molar-refractivity contribution is 0.0475. The van der Waals surface area contributed by atoms with Gasteiger partial charge >= 0.3 is 5.97 Å². The van der Waals surface area contributed by atoms with Crippen molar-refractivity contribution < 1.29 is 14.3 Å². The second-order valence-electron chi connectivity index (χ2n) is 5.21. The Morgan fingerprint density at radius 2 is 2.09 bits per heavy atom. The van der Waals surface area contributed by atoms with E-state index in [0.717, 1.165) is 16.0 Å². The van der Waals surface area contributed by atoms with Gasteiger partial charge in [-0.2, -0.15) is 5.10 Å². The molecule has 0 radical (unpaired) electrons. The van der Waals surface area contributed by atoms with Crippen molar-refractivity contribution in [1.82, 2.24) is 14.8 Å². The van der Waals surface area contributed by atoms with Gasteiger partial charge < -0.3 is 4.74 Å². The summed E-state index contributed by atoms with van der Waals surface area (Å²) in [6, 6.07) is 5.29. The van der Waals surface area contributed by atoms with Gasteiger partial charge in [0.25, 0.3) is 0 Å². The topological polar surface area (TPSA) is 74.1 Å². The van der Waals surface area contributed by atoms with E-state index in [-0.39, 0.29) is 12.4 Å². The van der Waals surface area contributed by atoms with Crippen LogP contribution in [0.15, 0.2) is 24.4 Å². The van der Waals surface area contributed by atoms with E-state index in [1.54, 1.807) is 23.9 Å². The molecule has 3 rings (SSSR count). The largest absolute Gasteiger partial charge is 0.454 e. The predicted octanol–water partition coefficient (Wildman–Crippen LogP) is 2.69.